The average molecular weight is 627 g/mol. The van der Waals surface area contributed by atoms with E-state index in [1.807, 2.05) is 0 Å². The summed E-state index contributed by atoms with van der Waals surface area (Å²) in [4.78, 5) is 0. The van der Waals surface area contributed by atoms with Crippen LogP contribution in [0.2, 0.25) is 0 Å². The summed E-state index contributed by atoms with van der Waals surface area (Å²) in [5.74, 6) is 0. The van der Waals surface area contributed by atoms with Crippen molar-refractivity contribution >= 4 is 61.2 Å². The zero-order valence-electron chi connectivity index (χ0n) is 22.7. The van der Waals surface area contributed by atoms with Crippen LogP contribution in [-0.2, 0) is 0 Å². The number of hydrogen-bond donors (Lipinski definition) is 1. The second-order valence-corrected chi connectivity index (χ2v) is 15.1. The molecule has 1 unspecified atom stereocenters. The van der Waals surface area contributed by atoms with Gasteiger partial charge in [0, 0.05) is 6.54 Å². The fraction of sp³-hybridized carbons (Fsp3) is 0.0526. The quantitative estimate of drug-likeness (QED) is 0.207. The van der Waals surface area contributed by atoms with Gasteiger partial charge in [-0.3, -0.25) is 0 Å². The third-order valence-corrected chi connectivity index (χ3v) is 12.5. The Kier molecular flexibility index (Phi) is 6.19. The fourth-order valence-electron chi connectivity index (χ4n) is 6.33. The van der Waals surface area contributed by atoms with Gasteiger partial charge in [-0.15, -0.1) is 0 Å². The zero-order valence-corrected chi connectivity index (χ0v) is 26.0. The Hall–Kier alpha value is -4.21. The monoisotopic (exact) mass is 627 g/mol. The van der Waals surface area contributed by atoms with Crippen LogP contribution in [0.15, 0.2) is 143 Å². The molecular weight excluding hydrogens is 599 g/mol. The molecule has 193 valence electrons. The molecule has 0 spiro atoms. The van der Waals surface area contributed by atoms with E-state index < -0.39 is 22.9 Å². The van der Waals surface area contributed by atoms with Crippen molar-refractivity contribution in [1.82, 2.24) is 9.88 Å². The van der Waals surface area contributed by atoms with Crippen LogP contribution in [0.3, 0.4) is 0 Å². The van der Waals surface area contributed by atoms with Gasteiger partial charge in [0.05, 0.1) is 0 Å². The molecule has 5 aromatic carbocycles. The zero-order chi connectivity index (χ0) is 27.2. The molecule has 0 bridgehead atoms. The molecule has 2 aliphatic rings. The first-order valence-electron chi connectivity index (χ1n) is 14.3. The minimum absolute atomic E-state index is 0.589. The summed E-state index contributed by atoms with van der Waals surface area (Å²) in [5.41, 5.74) is 10.1. The van der Waals surface area contributed by atoms with Gasteiger partial charge in [-0.25, -0.2) is 0 Å². The molecule has 0 saturated heterocycles. The Morgan fingerprint density at radius 1 is 0.683 bits per heavy atom. The number of nitrogens with zero attached hydrogens (tertiary/aromatic N) is 1. The number of fused-ring (bicyclic) bond motifs is 5. The molecule has 1 atom stereocenters. The van der Waals surface area contributed by atoms with Crippen molar-refractivity contribution in [2.24, 2.45) is 0 Å². The van der Waals surface area contributed by atoms with Gasteiger partial charge >= 0.3 is 234 Å². The number of hydrogen-bond acceptors (Lipinski definition) is 1. The molecule has 8 rings (SSSR count). The number of benzene rings is 5. The molecule has 0 fully saturated rings. The summed E-state index contributed by atoms with van der Waals surface area (Å²) in [6, 6.07) is 38.4. The second-order valence-electron chi connectivity index (χ2n) is 10.8. The van der Waals surface area contributed by atoms with Crippen LogP contribution in [-0.4, -0.2) is 34.0 Å². The normalized spacial score (nSPS) is 16.2. The van der Waals surface area contributed by atoms with E-state index in [0.29, 0.717) is 3.67 Å². The molecule has 41 heavy (non-hydrogen) atoms. The Balaban J connectivity index is 1.40. The molecule has 2 aliphatic heterocycles. The van der Waals surface area contributed by atoms with Gasteiger partial charge < -0.3 is 0 Å². The van der Waals surface area contributed by atoms with Gasteiger partial charge in [-0.1, -0.05) is 12.2 Å². The topological polar surface area (TPSA) is 17.0 Å². The molecular formula is C38H28InN2. The van der Waals surface area contributed by atoms with Crippen molar-refractivity contribution in [3.8, 4) is 16.8 Å². The Bertz CT molecular complexity index is 2070. The van der Waals surface area contributed by atoms with Gasteiger partial charge in [-0.05, 0) is 0 Å². The van der Waals surface area contributed by atoms with Gasteiger partial charge in [0.15, 0.2) is 0 Å². The third kappa shape index (κ3) is 4.36. The van der Waals surface area contributed by atoms with Gasteiger partial charge in [0.25, 0.3) is 0 Å². The van der Waals surface area contributed by atoms with Crippen LogP contribution >= 0.6 is 0 Å². The van der Waals surface area contributed by atoms with E-state index in [1.54, 1.807) is 0 Å². The van der Waals surface area contributed by atoms with Crippen LogP contribution in [0.4, 0.5) is 0 Å². The second kappa shape index (κ2) is 10.3. The number of allylic oxidation sites excluding steroid dienone is 5. The summed E-state index contributed by atoms with van der Waals surface area (Å²) in [7, 11) is 0. The van der Waals surface area contributed by atoms with Crippen LogP contribution in [0.25, 0.3) is 55.1 Å². The molecule has 0 aliphatic carbocycles. The van der Waals surface area contributed by atoms with E-state index >= 15 is 0 Å². The first kappa shape index (κ1) is 24.6. The van der Waals surface area contributed by atoms with Crippen molar-refractivity contribution in [3.05, 3.63) is 155 Å². The molecule has 0 saturated carbocycles. The molecule has 3 heteroatoms. The molecule has 1 N–H and O–H groups in total. The average Bonchev–Trinajstić information content (AvgIpc) is 3.40. The van der Waals surface area contributed by atoms with Gasteiger partial charge in [0.1, 0.15) is 0 Å². The summed E-state index contributed by atoms with van der Waals surface area (Å²) in [5, 5.41) is 8.66. The SMILES string of the molecule is C1=CCNC(c2ccc3c(ccc4c5ccc([CH]6C=CC=[CH][In]6)cc5n(-c5cccc(-c6ccccc6)c5)c34)c2)=C1. The van der Waals surface area contributed by atoms with Crippen molar-refractivity contribution < 1.29 is 0 Å². The standard InChI is InChI=1S/C38H28N2.In/c1-2-3-5-11-27-17-20-34-35-22-18-30-25-31(36-16-8-9-23-39-36)19-21-33(30)38(35)40(37(34)24-27)32-15-10-14-29(26-32)28-12-6-4-7-13-28;/h1-22,24-26,39H,23H2;. The number of nitrogens with one attached hydrogen (secondary N) is 1. The maximum absolute atomic E-state index is 3.52. The van der Waals surface area contributed by atoms with Crippen molar-refractivity contribution in [2.45, 2.75) is 3.67 Å². The number of rotatable bonds is 4. The minimum atomic E-state index is -0.831. The molecule has 6 aromatic rings. The fourth-order valence-corrected chi connectivity index (χ4v) is 9.70. The Labute approximate surface area is 251 Å². The molecule has 2 nitrogen and oxygen atoms in total. The van der Waals surface area contributed by atoms with E-state index in [0.717, 1.165) is 6.54 Å². The van der Waals surface area contributed by atoms with Crippen LogP contribution in [0.1, 0.15) is 14.8 Å². The maximum atomic E-state index is 3.52. The van der Waals surface area contributed by atoms with Crippen LogP contribution < -0.4 is 5.32 Å². The first-order valence-corrected chi connectivity index (χ1v) is 18.1. The number of dihydropyridines is 1. The molecule has 0 amide bonds. The van der Waals surface area contributed by atoms with Crippen LogP contribution in [0.5, 0.6) is 0 Å². The van der Waals surface area contributed by atoms with Crippen LogP contribution in [0, 0.1) is 0 Å². The summed E-state index contributed by atoms with van der Waals surface area (Å²) in [6.45, 7) is 0.868. The van der Waals surface area contributed by atoms with E-state index in [2.05, 4.69) is 153 Å². The first-order chi connectivity index (χ1) is 20.3. The Morgan fingerprint density at radius 2 is 1.56 bits per heavy atom. The van der Waals surface area contributed by atoms with Crippen molar-refractivity contribution in [2.75, 3.05) is 6.54 Å². The predicted molar refractivity (Wildman–Crippen MR) is 176 cm³/mol. The van der Waals surface area contributed by atoms with Crippen molar-refractivity contribution in [3.63, 3.8) is 0 Å². The van der Waals surface area contributed by atoms with E-state index in [1.165, 1.54) is 66.2 Å². The summed E-state index contributed by atoms with van der Waals surface area (Å²) in [6.07, 6.45) is 13.3. The molecule has 1 aromatic heterocycles. The molecule has 1 radical (unpaired) electrons. The van der Waals surface area contributed by atoms with E-state index in [9.17, 15) is 0 Å². The van der Waals surface area contributed by atoms with Crippen molar-refractivity contribution in [1.29, 1.82) is 0 Å². The third-order valence-electron chi connectivity index (χ3n) is 8.34. The van der Waals surface area contributed by atoms with Gasteiger partial charge in [0.2, 0.25) is 0 Å². The summed E-state index contributed by atoms with van der Waals surface area (Å²) < 4.78 is 5.56. The molecule has 3 heterocycles. The predicted octanol–water partition coefficient (Wildman–Crippen LogP) is 8.93. The van der Waals surface area contributed by atoms with E-state index in [-0.39, 0.29) is 0 Å². The number of aromatic nitrogens is 1. The van der Waals surface area contributed by atoms with E-state index in [4.69, 9.17) is 0 Å². The summed E-state index contributed by atoms with van der Waals surface area (Å²) >= 11 is -0.831. The van der Waals surface area contributed by atoms with Gasteiger partial charge in [-0.2, -0.15) is 0 Å². The Morgan fingerprint density at radius 3 is 2.41 bits per heavy atom.